The molecule has 0 bridgehead atoms. The maximum Gasteiger partial charge on any atom is 0.222 e. The van der Waals surface area contributed by atoms with Gasteiger partial charge in [-0.15, -0.1) is 0 Å². The number of fused-ring (bicyclic) bond motifs is 1. The van der Waals surface area contributed by atoms with Crippen molar-refractivity contribution in [1.29, 1.82) is 0 Å². The second kappa shape index (κ2) is 15.6. The third kappa shape index (κ3) is 8.44. The average Bonchev–Trinajstić information content (AvgIpc) is 3.51. The normalized spacial score (nSPS) is 20.0. The maximum atomic E-state index is 5.14. The fourth-order valence-electron chi connectivity index (χ4n) is 7.41. The predicted octanol–water partition coefficient (Wildman–Crippen LogP) is 5.61. The second-order valence-electron chi connectivity index (χ2n) is 14.5. The number of H-pyrrole nitrogens is 1. The van der Waals surface area contributed by atoms with Gasteiger partial charge in [0.2, 0.25) is 5.95 Å². The molecule has 6 rings (SSSR count). The summed E-state index contributed by atoms with van der Waals surface area (Å²) in [5.41, 5.74) is 9.21. The number of rotatable bonds is 11. The highest BCUT2D eigenvalue weighted by molar-refractivity contribution is 5.90. The van der Waals surface area contributed by atoms with Crippen LogP contribution in [0.2, 0.25) is 0 Å². The lowest BCUT2D eigenvalue weighted by Gasteiger charge is -2.30. The first-order valence-corrected chi connectivity index (χ1v) is 18.0. The third-order valence-corrected chi connectivity index (χ3v) is 10.7. The van der Waals surface area contributed by atoms with Crippen LogP contribution in [0.5, 0.6) is 0 Å². The van der Waals surface area contributed by atoms with Gasteiger partial charge in [0, 0.05) is 50.2 Å². The molecule has 0 radical (unpaired) electrons. The summed E-state index contributed by atoms with van der Waals surface area (Å²) in [4.78, 5) is 30.0. The number of imidazole rings is 1. The Hall–Kier alpha value is -3.76. The molecule has 10 nitrogen and oxygen atoms in total. The zero-order chi connectivity index (χ0) is 33.6. The number of piperidine rings is 2. The molecule has 0 saturated carbocycles. The summed E-state index contributed by atoms with van der Waals surface area (Å²) < 4.78 is 0. The van der Waals surface area contributed by atoms with Crippen molar-refractivity contribution in [3.8, 4) is 0 Å². The van der Waals surface area contributed by atoms with E-state index in [0.29, 0.717) is 11.9 Å². The third-order valence-electron chi connectivity index (χ3n) is 10.7. The lowest BCUT2D eigenvalue weighted by molar-refractivity contribution is 0.211. The molecule has 0 amide bonds. The quantitative estimate of drug-likeness (QED) is 0.182. The van der Waals surface area contributed by atoms with Crippen LogP contribution in [0.25, 0.3) is 16.6 Å². The summed E-state index contributed by atoms with van der Waals surface area (Å²) in [5, 5.41) is 6.92. The van der Waals surface area contributed by atoms with Crippen LogP contribution in [0.15, 0.2) is 41.3 Å². The van der Waals surface area contributed by atoms with E-state index in [1.807, 2.05) is 12.4 Å². The molecular weight excluding hydrogens is 596 g/mol. The first kappa shape index (κ1) is 34.1. The minimum absolute atomic E-state index is 0.670. The number of aryl methyl sites for hydroxylation is 2. The number of hydrogen-bond donors (Lipinski definition) is 3. The van der Waals surface area contributed by atoms with Crippen molar-refractivity contribution >= 4 is 28.5 Å². The lowest BCUT2D eigenvalue weighted by Crippen LogP contribution is -2.43. The van der Waals surface area contributed by atoms with Crippen molar-refractivity contribution in [2.45, 2.75) is 65.7 Å². The van der Waals surface area contributed by atoms with E-state index in [-0.39, 0.29) is 0 Å². The van der Waals surface area contributed by atoms with Crippen LogP contribution in [-0.2, 0) is 6.42 Å². The summed E-state index contributed by atoms with van der Waals surface area (Å²) >= 11 is 0. The Kier molecular flexibility index (Phi) is 11.1. The highest BCUT2D eigenvalue weighted by Crippen LogP contribution is 2.29. The fourth-order valence-corrected chi connectivity index (χ4v) is 7.41. The summed E-state index contributed by atoms with van der Waals surface area (Å²) in [7, 11) is 6.54. The van der Waals surface area contributed by atoms with Crippen molar-refractivity contribution in [2.24, 2.45) is 16.8 Å². The van der Waals surface area contributed by atoms with Gasteiger partial charge in [0.05, 0.1) is 17.6 Å². The molecule has 48 heavy (non-hydrogen) atoms. The molecule has 3 aliphatic rings. The smallest absolute Gasteiger partial charge is 0.222 e. The number of likely N-dealkylation sites (N-methyl/N-ethyl adjacent to an activating group) is 1. The van der Waals surface area contributed by atoms with Gasteiger partial charge in [-0.25, -0.2) is 15.0 Å². The van der Waals surface area contributed by atoms with E-state index in [9.17, 15) is 0 Å². The van der Waals surface area contributed by atoms with Gasteiger partial charge >= 0.3 is 0 Å². The molecule has 258 valence electrons. The molecule has 0 aliphatic carbocycles. The first-order chi connectivity index (χ1) is 23.2. The van der Waals surface area contributed by atoms with E-state index in [0.717, 1.165) is 72.5 Å². The molecule has 3 aliphatic heterocycles. The standard InChI is InChI=1S/C38H56N10/c1-26-21-34-35(27(2)32(26)22-31-23-41-37(42-24-31)39-15-7-9-29-11-17-46(4)18-12-29)45-36(44-34)33-25-48(6)38(43-28(33)3)40-16-8-10-30-13-19-47(5)20-14-30/h7,9,21,23-24,29-30H,8,10-20,22,25H2,1-6H3,(H,40,43)(H,44,45)(H,39,41,42)/b9-7+. The maximum absolute atomic E-state index is 5.14. The van der Waals surface area contributed by atoms with E-state index in [1.54, 1.807) is 0 Å². The van der Waals surface area contributed by atoms with Gasteiger partial charge in [0.15, 0.2) is 5.96 Å². The van der Waals surface area contributed by atoms with Crippen molar-refractivity contribution in [3.05, 3.63) is 64.4 Å². The molecule has 2 aromatic heterocycles. The SMILES string of the molecule is CC1=C(c2nc3c(C)c(Cc4cnc(NC/C=C/C5CCN(C)CC5)nc4)c(C)cc3[nH]2)CN(C)C(=NCCCC2CCN(C)CC2)N1. The number of likely N-dealkylation sites (tertiary alicyclic amines) is 2. The average molecular weight is 653 g/mol. The minimum atomic E-state index is 0.670. The van der Waals surface area contributed by atoms with Crippen molar-refractivity contribution < 1.29 is 0 Å². The van der Waals surface area contributed by atoms with Crippen LogP contribution in [0.1, 0.15) is 73.5 Å². The topological polar surface area (TPSA) is 101 Å². The van der Waals surface area contributed by atoms with Crippen LogP contribution in [0.4, 0.5) is 5.95 Å². The van der Waals surface area contributed by atoms with Crippen LogP contribution in [0, 0.1) is 25.7 Å². The number of aromatic amines is 1. The Morgan fingerprint density at radius 2 is 1.69 bits per heavy atom. The van der Waals surface area contributed by atoms with Crippen LogP contribution < -0.4 is 10.6 Å². The van der Waals surface area contributed by atoms with Gasteiger partial charge in [-0.2, -0.15) is 0 Å². The summed E-state index contributed by atoms with van der Waals surface area (Å²) in [6.07, 6.45) is 16.8. The van der Waals surface area contributed by atoms with Gasteiger partial charge in [-0.3, -0.25) is 4.99 Å². The molecule has 3 aromatic rings. The highest BCUT2D eigenvalue weighted by atomic mass is 15.3. The number of anilines is 1. The number of allylic oxidation sites excluding steroid dienone is 2. The first-order valence-electron chi connectivity index (χ1n) is 18.0. The summed E-state index contributed by atoms with van der Waals surface area (Å²) in [5.74, 6) is 4.09. The molecule has 0 spiro atoms. The monoisotopic (exact) mass is 652 g/mol. The molecule has 10 heteroatoms. The van der Waals surface area contributed by atoms with Crippen molar-refractivity contribution in [1.82, 2.24) is 40.0 Å². The van der Waals surface area contributed by atoms with Gasteiger partial charge in [-0.05, 0) is 140 Å². The van der Waals surface area contributed by atoms with Gasteiger partial charge in [0.25, 0.3) is 0 Å². The van der Waals surface area contributed by atoms with E-state index >= 15 is 0 Å². The Bertz CT molecular complexity index is 1620. The van der Waals surface area contributed by atoms with E-state index in [4.69, 9.17) is 9.98 Å². The molecule has 1 aromatic carbocycles. The second-order valence-corrected chi connectivity index (χ2v) is 14.5. The number of guanidine groups is 1. The molecule has 3 N–H and O–H groups in total. The van der Waals surface area contributed by atoms with Crippen LogP contribution in [0.3, 0.4) is 0 Å². The zero-order valence-corrected chi connectivity index (χ0v) is 30.1. The Balaban J connectivity index is 1.06. The Labute approximate surface area is 287 Å². The zero-order valence-electron chi connectivity index (χ0n) is 30.1. The number of aliphatic imine (C=N–C) groups is 1. The molecule has 2 fully saturated rings. The Morgan fingerprint density at radius 1 is 0.979 bits per heavy atom. The lowest BCUT2D eigenvalue weighted by atomic mass is 9.92. The van der Waals surface area contributed by atoms with E-state index < -0.39 is 0 Å². The van der Waals surface area contributed by atoms with Crippen LogP contribution >= 0.6 is 0 Å². The summed E-state index contributed by atoms with van der Waals surface area (Å²) in [6, 6.07) is 2.23. The molecular formula is C38H56N10. The van der Waals surface area contributed by atoms with E-state index in [1.165, 1.54) is 80.5 Å². The number of benzene rings is 1. The minimum Gasteiger partial charge on any atom is -0.351 e. The number of nitrogens with one attached hydrogen (secondary N) is 3. The highest BCUT2D eigenvalue weighted by Gasteiger charge is 2.23. The molecule has 2 saturated heterocycles. The predicted molar refractivity (Wildman–Crippen MR) is 198 cm³/mol. The van der Waals surface area contributed by atoms with Gasteiger partial charge in [-0.1, -0.05) is 12.2 Å². The van der Waals surface area contributed by atoms with Gasteiger partial charge < -0.3 is 30.3 Å². The number of aromatic nitrogens is 4. The molecule has 0 unspecified atom stereocenters. The fraction of sp³-hybridized carbons (Fsp3) is 0.579. The molecule has 5 heterocycles. The van der Waals surface area contributed by atoms with Crippen molar-refractivity contribution in [3.63, 3.8) is 0 Å². The van der Waals surface area contributed by atoms with E-state index in [2.05, 4.69) is 100 Å². The molecule has 0 atom stereocenters. The summed E-state index contributed by atoms with van der Waals surface area (Å²) in [6.45, 7) is 13.7. The number of nitrogens with zero attached hydrogens (tertiary/aromatic N) is 7. The van der Waals surface area contributed by atoms with Crippen LogP contribution in [-0.4, -0.2) is 108 Å². The largest absolute Gasteiger partial charge is 0.351 e. The Morgan fingerprint density at radius 3 is 2.42 bits per heavy atom. The number of hydrogen-bond acceptors (Lipinski definition) is 7. The van der Waals surface area contributed by atoms with Gasteiger partial charge in [0.1, 0.15) is 5.82 Å². The van der Waals surface area contributed by atoms with Crippen molar-refractivity contribution in [2.75, 3.05) is 72.3 Å².